The maximum atomic E-state index is 4.63. The van der Waals surface area contributed by atoms with Crippen LogP contribution in [-0.4, -0.2) is 19.9 Å². The molecule has 0 aliphatic carbocycles. The molecule has 4 nitrogen and oxygen atoms in total. The first-order chi connectivity index (χ1) is 14.9. The van der Waals surface area contributed by atoms with E-state index in [1.165, 1.54) is 17.5 Å². The molecule has 5 aromatic rings. The molecule has 0 aliphatic rings. The summed E-state index contributed by atoms with van der Waals surface area (Å²) in [5, 5.41) is 0. The van der Waals surface area contributed by atoms with E-state index >= 15 is 0 Å². The SMILES string of the molecule is c1ccc(-c2cccc(-c3cccc(-c4ncnc(-c5ccccn5)n4)c3)c2)cc1. The van der Waals surface area contributed by atoms with Gasteiger partial charge in [0, 0.05) is 11.8 Å². The van der Waals surface area contributed by atoms with Gasteiger partial charge in [0.15, 0.2) is 11.6 Å². The lowest BCUT2D eigenvalue weighted by Crippen LogP contribution is -1.96. The molecule has 0 amide bonds. The molecule has 0 spiro atoms. The van der Waals surface area contributed by atoms with Gasteiger partial charge in [0.25, 0.3) is 0 Å². The molecule has 30 heavy (non-hydrogen) atoms. The maximum Gasteiger partial charge on any atom is 0.181 e. The normalized spacial score (nSPS) is 10.7. The second-order valence-electron chi connectivity index (χ2n) is 6.88. The molecule has 0 saturated carbocycles. The van der Waals surface area contributed by atoms with Crippen LogP contribution in [0.3, 0.4) is 0 Å². The Morgan fingerprint density at radius 1 is 0.433 bits per heavy atom. The molecular formula is C26H18N4. The van der Waals surface area contributed by atoms with Crippen molar-refractivity contribution in [3.05, 3.63) is 110 Å². The zero-order chi connectivity index (χ0) is 20.2. The van der Waals surface area contributed by atoms with Gasteiger partial charge in [-0.05, 0) is 46.5 Å². The molecule has 142 valence electrons. The summed E-state index contributed by atoms with van der Waals surface area (Å²) in [7, 11) is 0. The molecule has 0 atom stereocenters. The Kier molecular flexibility index (Phi) is 4.80. The zero-order valence-corrected chi connectivity index (χ0v) is 16.2. The quantitative estimate of drug-likeness (QED) is 0.384. The minimum Gasteiger partial charge on any atom is -0.253 e. The van der Waals surface area contributed by atoms with Crippen molar-refractivity contribution in [2.24, 2.45) is 0 Å². The van der Waals surface area contributed by atoms with Gasteiger partial charge < -0.3 is 0 Å². The van der Waals surface area contributed by atoms with Gasteiger partial charge >= 0.3 is 0 Å². The fourth-order valence-corrected chi connectivity index (χ4v) is 3.40. The van der Waals surface area contributed by atoms with Crippen LogP contribution in [-0.2, 0) is 0 Å². The molecule has 2 aromatic heterocycles. The highest BCUT2D eigenvalue weighted by Crippen LogP contribution is 2.29. The fraction of sp³-hybridized carbons (Fsp3) is 0. The third-order valence-electron chi connectivity index (χ3n) is 4.89. The minimum atomic E-state index is 0.567. The Labute approximate surface area is 175 Å². The standard InChI is InChI=1S/C26H18N4/c1-2-8-19(9-3-1)20-10-6-11-21(16-20)22-12-7-13-23(17-22)25-28-18-29-26(30-25)24-14-4-5-15-27-24/h1-18H. The summed E-state index contributed by atoms with van der Waals surface area (Å²) >= 11 is 0. The molecule has 5 rings (SSSR count). The van der Waals surface area contributed by atoms with Crippen molar-refractivity contribution in [2.75, 3.05) is 0 Å². The second kappa shape index (κ2) is 8.05. The third kappa shape index (κ3) is 3.71. The average molecular weight is 386 g/mol. The van der Waals surface area contributed by atoms with E-state index in [1.807, 2.05) is 36.4 Å². The van der Waals surface area contributed by atoms with Gasteiger partial charge in [-0.15, -0.1) is 0 Å². The van der Waals surface area contributed by atoms with Crippen LogP contribution in [0.2, 0.25) is 0 Å². The van der Waals surface area contributed by atoms with Crippen LogP contribution < -0.4 is 0 Å². The molecule has 4 heteroatoms. The Bertz CT molecular complexity index is 1190. The van der Waals surface area contributed by atoms with Gasteiger partial charge in [-0.3, -0.25) is 4.98 Å². The van der Waals surface area contributed by atoms with E-state index in [0.29, 0.717) is 11.6 Å². The van der Waals surface area contributed by atoms with Gasteiger partial charge in [-0.2, -0.15) is 0 Å². The van der Waals surface area contributed by atoms with Gasteiger partial charge in [0.1, 0.15) is 12.0 Å². The highest BCUT2D eigenvalue weighted by Gasteiger charge is 2.08. The number of benzene rings is 3. The summed E-state index contributed by atoms with van der Waals surface area (Å²) < 4.78 is 0. The number of nitrogens with zero attached hydrogens (tertiary/aromatic N) is 4. The first-order valence-electron chi connectivity index (χ1n) is 9.73. The van der Waals surface area contributed by atoms with Crippen LogP contribution in [0, 0.1) is 0 Å². The Hall–Kier alpha value is -4.18. The number of pyridine rings is 1. The molecule has 0 fully saturated rings. The summed E-state index contributed by atoms with van der Waals surface area (Å²) in [6.07, 6.45) is 3.27. The van der Waals surface area contributed by atoms with E-state index in [1.54, 1.807) is 6.20 Å². The lowest BCUT2D eigenvalue weighted by Gasteiger charge is -2.08. The second-order valence-corrected chi connectivity index (χ2v) is 6.88. The van der Waals surface area contributed by atoms with Gasteiger partial charge in [0.05, 0.1) is 0 Å². The van der Waals surface area contributed by atoms with Crippen LogP contribution >= 0.6 is 0 Å². The molecular weight excluding hydrogens is 368 g/mol. The van der Waals surface area contributed by atoms with Crippen LogP contribution in [0.1, 0.15) is 0 Å². The first kappa shape index (κ1) is 17.9. The van der Waals surface area contributed by atoms with E-state index in [9.17, 15) is 0 Å². The Morgan fingerprint density at radius 2 is 1.03 bits per heavy atom. The van der Waals surface area contributed by atoms with E-state index in [-0.39, 0.29) is 0 Å². The zero-order valence-electron chi connectivity index (χ0n) is 16.2. The Balaban J connectivity index is 1.52. The van der Waals surface area contributed by atoms with E-state index in [4.69, 9.17) is 0 Å². The molecule has 2 heterocycles. The lowest BCUT2D eigenvalue weighted by atomic mass is 9.98. The molecule has 0 N–H and O–H groups in total. The molecule has 0 aliphatic heterocycles. The van der Waals surface area contributed by atoms with Gasteiger partial charge in [0.2, 0.25) is 0 Å². The topological polar surface area (TPSA) is 51.6 Å². The van der Waals surface area contributed by atoms with Crippen molar-refractivity contribution in [1.29, 1.82) is 0 Å². The highest BCUT2D eigenvalue weighted by atomic mass is 15.0. The fourth-order valence-electron chi connectivity index (χ4n) is 3.40. The molecule has 0 bridgehead atoms. The van der Waals surface area contributed by atoms with Crippen LogP contribution in [0.5, 0.6) is 0 Å². The number of hydrogen-bond donors (Lipinski definition) is 0. The maximum absolute atomic E-state index is 4.63. The molecule has 0 radical (unpaired) electrons. The summed E-state index contributed by atoms with van der Waals surface area (Å²) in [4.78, 5) is 17.6. The lowest BCUT2D eigenvalue weighted by molar-refractivity contribution is 1.05. The van der Waals surface area contributed by atoms with Crippen molar-refractivity contribution in [3.8, 4) is 45.2 Å². The van der Waals surface area contributed by atoms with Crippen molar-refractivity contribution in [1.82, 2.24) is 19.9 Å². The summed E-state index contributed by atoms with van der Waals surface area (Å²) in [5.41, 5.74) is 6.33. The smallest absolute Gasteiger partial charge is 0.181 e. The first-order valence-corrected chi connectivity index (χ1v) is 9.73. The van der Waals surface area contributed by atoms with Crippen LogP contribution in [0.15, 0.2) is 110 Å². The molecule has 3 aromatic carbocycles. The van der Waals surface area contributed by atoms with Crippen molar-refractivity contribution >= 4 is 0 Å². The van der Waals surface area contributed by atoms with Gasteiger partial charge in [-0.1, -0.05) is 72.8 Å². The predicted molar refractivity (Wildman–Crippen MR) is 119 cm³/mol. The number of aromatic nitrogens is 4. The average Bonchev–Trinajstić information content (AvgIpc) is 2.85. The summed E-state index contributed by atoms with van der Waals surface area (Å²) in [5.74, 6) is 1.20. The minimum absolute atomic E-state index is 0.567. The Morgan fingerprint density at radius 3 is 1.77 bits per heavy atom. The predicted octanol–water partition coefficient (Wildman–Crippen LogP) is 5.93. The molecule has 0 saturated heterocycles. The van der Waals surface area contributed by atoms with E-state index in [2.05, 4.69) is 80.6 Å². The number of rotatable bonds is 4. The summed E-state index contributed by atoms with van der Waals surface area (Å²) in [6, 6.07) is 32.9. The largest absolute Gasteiger partial charge is 0.253 e. The van der Waals surface area contributed by atoms with E-state index < -0.39 is 0 Å². The monoisotopic (exact) mass is 386 g/mol. The van der Waals surface area contributed by atoms with E-state index in [0.717, 1.165) is 22.4 Å². The van der Waals surface area contributed by atoms with Gasteiger partial charge in [-0.25, -0.2) is 15.0 Å². The highest BCUT2D eigenvalue weighted by molar-refractivity contribution is 5.75. The van der Waals surface area contributed by atoms with Crippen LogP contribution in [0.25, 0.3) is 45.2 Å². The van der Waals surface area contributed by atoms with Crippen molar-refractivity contribution in [3.63, 3.8) is 0 Å². The molecule has 0 unspecified atom stereocenters. The van der Waals surface area contributed by atoms with Crippen LogP contribution in [0.4, 0.5) is 0 Å². The van der Waals surface area contributed by atoms with Crippen molar-refractivity contribution < 1.29 is 0 Å². The van der Waals surface area contributed by atoms with Crippen molar-refractivity contribution in [2.45, 2.75) is 0 Å². The summed E-state index contributed by atoms with van der Waals surface area (Å²) in [6.45, 7) is 0. The third-order valence-corrected chi connectivity index (χ3v) is 4.89. The number of hydrogen-bond acceptors (Lipinski definition) is 4.